The van der Waals surface area contributed by atoms with Crippen LogP contribution in [0.3, 0.4) is 0 Å². The van der Waals surface area contributed by atoms with Gasteiger partial charge in [0, 0.05) is 7.11 Å². The molecule has 0 aliphatic heterocycles. The van der Waals surface area contributed by atoms with Gasteiger partial charge in [-0.3, -0.25) is 0 Å². The second-order valence-electron chi connectivity index (χ2n) is 2.55. The van der Waals surface area contributed by atoms with E-state index in [9.17, 15) is 0 Å². The Labute approximate surface area is 86.9 Å². The Balaban J connectivity index is 0.000000791. The zero-order valence-corrected chi connectivity index (χ0v) is 9.54. The Morgan fingerprint density at radius 2 is 1.64 bits per heavy atom. The van der Waals surface area contributed by atoms with Gasteiger partial charge in [-0.2, -0.15) is 0 Å². The lowest BCUT2D eigenvalue weighted by atomic mass is 10.2. The molecule has 0 N–H and O–H groups in total. The molecule has 80 valence electrons. The fourth-order valence-corrected chi connectivity index (χ4v) is 0.948. The van der Waals surface area contributed by atoms with E-state index >= 15 is 0 Å². The van der Waals surface area contributed by atoms with Gasteiger partial charge >= 0.3 is 0 Å². The van der Waals surface area contributed by atoms with E-state index in [0.717, 1.165) is 12.2 Å². The summed E-state index contributed by atoms with van der Waals surface area (Å²) in [5, 5.41) is 0. The van der Waals surface area contributed by atoms with E-state index in [1.165, 1.54) is 5.56 Å². The van der Waals surface area contributed by atoms with Crippen LogP contribution in [0, 0.1) is 0 Å². The number of hydrogen-bond donors (Lipinski definition) is 0. The molecule has 0 heterocycles. The SMILES string of the molecule is CC.CCc1ccc(OCOC)cc1. The van der Waals surface area contributed by atoms with Crippen molar-refractivity contribution in [2.75, 3.05) is 13.9 Å². The largest absolute Gasteiger partial charge is 0.468 e. The van der Waals surface area contributed by atoms with Gasteiger partial charge in [0.05, 0.1) is 0 Å². The second-order valence-corrected chi connectivity index (χ2v) is 2.55. The minimum atomic E-state index is 0.311. The molecule has 1 aromatic rings. The number of methoxy groups -OCH3 is 1. The van der Waals surface area contributed by atoms with Crippen LogP contribution in [0.2, 0.25) is 0 Å². The highest BCUT2D eigenvalue weighted by molar-refractivity contribution is 5.26. The van der Waals surface area contributed by atoms with Crippen LogP contribution in [-0.2, 0) is 11.2 Å². The lowest BCUT2D eigenvalue weighted by Gasteiger charge is -2.04. The number of benzene rings is 1. The monoisotopic (exact) mass is 196 g/mol. The predicted octanol–water partition coefficient (Wildman–Crippen LogP) is 3.26. The first-order valence-corrected chi connectivity index (χ1v) is 5.07. The maximum atomic E-state index is 5.23. The summed E-state index contributed by atoms with van der Waals surface area (Å²) in [7, 11) is 1.61. The number of ether oxygens (including phenoxy) is 2. The van der Waals surface area contributed by atoms with Gasteiger partial charge < -0.3 is 9.47 Å². The molecule has 0 bridgehead atoms. The van der Waals surface area contributed by atoms with E-state index in [0.29, 0.717) is 6.79 Å². The Kier molecular flexibility index (Phi) is 7.95. The van der Waals surface area contributed by atoms with Crippen molar-refractivity contribution < 1.29 is 9.47 Å². The quantitative estimate of drug-likeness (QED) is 0.688. The lowest BCUT2D eigenvalue weighted by Crippen LogP contribution is -1.98. The molecule has 0 saturated heterocycles. The van der Waals surface area contributed by atoms with Gasteiger partial charge in [-0.05, 0) is 24.1 Å². The molecule has 14 heavy (non-hydrogen) atoms. The van der Waals surface area contributed by atoms with E-state index in [-0.39, 0.29) is 0 Å². The minimum absolute atomic E-state index is 0.311. The van der Waals surface area contributed by atoms with E-state index in [4.69, 9.17) is 9.47 Å². The highest BCUT2D eigenvalue weighted by Crippen LogP contribution is 2.11. The highest BCUT2D eigenvalue weighted by Gasteiger charge is 1.92. The second kappa shape index (κ2) is 8.57. The fourth-order valence-electron chi connectivity index (χ4n) is 0.948. The summed E-state index contributed by atoms with van der Waals surface area (Å²) in [6, 6.07) is 8.03. The summed E-state index contributed by atoms with van der Waals surface area (Å²) < 4.78 is 10.0. The zero-order valence-electron chi connectivity index (χ0n) is 9.54. The summed E-state index contributed by atoms with van der Waals surface area (Å²) in [6.07, 6.45) is 1.06. The molecule has 2 nitrogen and oxygen atoms in total. The van der Waals surface area contributed by atoms with E-state index in [1.807, 2.05) is 26.0 Å². The highest BCUT2D eigenvalue weighted by atomic mass is 16.7. The van der Waals surface area contributed by atoms with Crippen molar-refractivity contribution in [3.05, 3.63) is 29.8 Å². The first-order valence-electron chi connectivity index (χ1n) is 5.07. The van der Waals surface area contributed by atoms with Crippen LogP contribution in [0.1, 0.15) is 26.3 Å². The van der Waals surface area contributed by atoms with Crippen LogP contribution in [0.5, 0.6) is 5.75 Å². The standard InChI is InChI=1S/C10H14O2.C2H6/c1-3-9-4-6-10(7-5-9)12-8-11-2;1-2/h4-7H,3,8H2,1-2H3;1-2H3. The maximum absolute atomic E-state index is 5.23. The Bertz CT molecular complexity index is 216. The molecular weight excluding hydrogens is 176 g/mol. The van der Waals surface area contributed by atoms with Crippen LogP contribution < -0.4 is 4.74 Å². The molecule has 0 aromatic heterocycles. The molecule has 0 fully saturated rings. The summed E-state index contributed by atoms with van der Waals surface area (Å²) in [5.74, 6) is 0.856. The molecule has 0 unspecified atom stereocenters. The van der Waals surface area contributed by atoms with Crippen molar-refractivity contribution in [2.24, 2.45) is 0 Å². The third kappa shape index (κ3) is 4.87. The average molecular weight is 196 g/mol. The Hall–Kier alpha value is -1.02. The van der Waals surface area contributed by atoms with Gasteiger partial charge in [0.15, 0.2) is 6.79 Å². The predicted molar refractivity (Wildman–Crippen MR) is 59.7 cm³/mol. The van der Waals surface area contributed by atoms with Crippen LogP contribution in [0.25, 0.3) is 0 Å². The number of aryl methyl sites for hydroxylation is 1. The van der Waals surface area contributed by atoms with Gasteiger partial charge in [-0.15, -0.1) is 0 Å². The third-order valence-electron chi connectivity index (χ3n) is 1.68. The van der Waals surface area contributed by atoms with Crippen molar-refractivity contribution >= 4 is 0 Å². The fraction of sp³-hybridized carbons (Fsp3) is 0.500. The summed E-state index contributed by atoms with van der Waals surface area (Å²) in [5.41, 5.74) is 1.32. The van der Waals surface area contributed by atoms with Gasteiger partial charge in [0.1, 0.15) is 5.75 Å². The van der Waals surface area contributed by atoms with Crippen LogP contribution in [0.4, 0.5) is 0 Å². The van der Waals surface area contributed by atoms with Gasteiger partial charge in [0.2, 0.25) is 0 Å². The first kappa shape index (κ1) is 13.0. The van der Waals surface area contributed by atoms with Crippen molar-refractivity contribution in [1.82, 2.24) is 0 Å². The summed E-state index contributed by atoms with van der Waals surface area (Å²) in [4.78, 5) is 0. The van der Waals surface area contributed by atoms with Crippen LogP contribution in [-0.4, -0.2) is 13.9 Å². The van der Waals surface area contributed by atoms with Crippen molar-refractivity contribution in [1.29, 1.82) is 0 Å². The van der Waals surface area contributed by atoms with E-state index in [1.54, 1.807) is 7.11 Å². The van der Waals surface area contributed by atoms with Gasteiger partial charge in [-0.1, -0.05) is 32.9 Å². The smallest absolute Gasteiger partial charge is 0.188 e. The van der Waals surface area contributed by atoms with Crippen molar-refractivity contribution in [2.45, 2.75) is 27.2 Å². The zero-order chi connectivity index (χ0) is 10.8. The van der Waals surface area contributed by atoms with Crippen LogP contribution >= 0.6 is 0 Å². The molecule has 0 saturated carbocycles. The molecule has 0 spiro atoms. The molecular formula is C12H20O2. The number of hydrogen-bond acceptors (Lipinski definition) is 2. The normalized spacial score (nSPS) is 8.86. The molecule has 0 aliphatic carbocycles. The lowest BCUT2D eigenvalue weighted by molar-refractivity contribution is 0.0511. The first-order chi connectivity index (χ1) is 6.86. The van der Waals surface area contributed by atoms with E-state index < -0.39 is 0 Å². The third-order valence-corrected chi connectivity index (χ3v) is 1.68. The van der Waals surface area contributed by atoms with Crippen LogP contribution in [0.15, 0.2) is 24.3 Å². The molecule has 0 aliphatic rings. The number of rotatable bonds is 4. The Morgan fingerprint density at radius 3 is 2.07 bits per heavy atom. The molecule has 2 heteroatoms. The van der Waals surface area contributed by atoms with Crippen molar-refractivity contribution in [3.63, 3.8) is 0 Å². The molecule has 1 aromatic carbocycles. The maximum Gasteiger partial charge on any atom is 0.188 e. The minimum Gasteiger partial charge on any atom is -0.468 e. The summed E-state index contributed by atoms with van der Waals surface area (Å²) >= 11 is 0. The molecule has 1 rings (SSSR count). The van der Waals surface area contributed by atoms with Gasteiger partial charge in [0.25, 0.3) is 0 Å². The molecule has 0 radical (unpaired) electrons. The topological polar surface area (TPSA) is 18.5 Å². The molecule has 0 amide bonds. The molecule has 0 atom stereocenters. The average Bonchev–Trinajstić information content (AvgIpc) is 2.30. The van der Waals surface area contributed by atoms with E-state index in [2.05, 4.69) is 19.1 Å². The van der Waals surface area contributed by atoms with Crippen molar-refractivity contribution in [3.8, 4) is 5.75 Å². The van der Waals surface area contributed by atoms with Gasteiger partial charge in [-0.25, -0.2) is 0 Å². The Morgan fingerprint density at radius 1 is 1.07 bits per heavy atom. The summed E-state index contributed by atoms with van der Waals surface area (Å²) in [6.45, 7) is 6.44.